The Bertz CT molecular complexity index is 310. The van der Waals surface area contributed by atoms with Crippen LogP contribution in [0.15, 0.2) is 24.3 Å². The van der Waals surface area contributed by atoms with Crippen molar-refractivity contribution in [3.05, 3.63) is 29.8 Å². The molecular weight excluding hydrogens is 190 g/mol. The lowest BCUT2D eigenvalue weighted by molar-refractivity contribution is -0.0508. The van der Waals surface area contributed by atoms with E-state index in [-0.39, 0.29) is 0 Å². The first-order valence-electron chi connectivity index (χ1n) is 5.38. The molecule has 0 aromatic heterocycles. The lowest BCUT2D eigenvalue weighted by Crippen LogP contribution is -2.32. The van der Waals surface area contributed by atoms with Crippen molar-refractivity contribution in [2.45, 2.75) is 6.42 Å². The monoisotopic (exact) mass is 207 g/mol. The van der Waals surface area contributed by atoms with E-state index in [1.54, 1.807) is 0 Å². The molecule has 82 valence electrons. The zero-order valence-electron chi connectivity index (χ0n) is 8.82. The molecule has 0 saturated carbocycles. The van der Waals surface area contributed by atoms with E-state index in [0.717, 1.165) is 32.0 Å². The van der Waals surface area contributed by atoms with Gasteiger partial charge in [0.15, 0.2) is 0 Å². The first-order chi connectivity index (χ1) is 7.38. The molecule has 1 aliphatic rings. The lowest BCUT2D eigenvalue weighted by Gasteiger charge is -2.25. The van der Waals surface area contributed by atoms with Crippen LogP contribution in [0.25, 0.3) is 0 Å². The summed E-state index contributed by atoms with van der Waals surface area (Å²) >= 11 is 0. The minimum absolute atomic E-state index is 0.572. The Morgan fingerprint density at radius 3 is 2.93 bits per heavy atom. The van der Waals surface area contributed by atoms with Gasteiger partial charge in [-0.2, -0.15) is 0 Å². The summed E-state index contributed by atoms with van der Waals surface area (Å²) in [6.45, 7) is 3.11. The van der Waals surface area contributed by atoms with E-state index in [2.05, 4.69) is 12.1 Å². The smallest absolute Gasteiger partial charge is 0.119 e. The number of ether oxygens (including phenoxy) is 2. The van der Waals surface area contributed by atoms with E-state index < -0.39 is 0 Å². The van der Waals surface area contributed by atoms with Crippen LogP contribution >= 0.6 is 0 Å². The van der Waals surface area contributed by atoms with Crippen LogP contribution in [0.1, 0.15) is 5.56 Å². The highest BCUT2D eigenvalue weighted by atomic mass is 16.5. The summed E-state index contributed by atoms with van der Waals surface area (Å²) in [5.74, 6) is 1.51. The average molecular weight is 207 g/mol. The molecule has 0 spiro atoms. The molecule has 0 radical (unpaired) electrons. The van der Waals surface area contributed by atoms with Gasteiger partial charge in [-0.25, -0.2) is 0 Å². The number of benzene rings is 1. The fourth-order valence-electron chi connectivity index (χ4n) is 1.55. The van der Waals surface area contributed by atoms with Crippen molar-refractivity contribution in [1.82, 2.24) is 0 Å². The molecule has 3 heteroatoms. The molecule has 2 N–H and O–H groups in total. The van der Waals surface area contributed by atoms with Gasteiger partial charge < -0.3 is 15.2 Å². The molecule has 0 amide bonds. The van der Waals surface area contributed by atoms with Crippen molar-refractivity contribution in [3.8, 4) is 5.75 Å². The minimum atomic E-state index is 0.572. The summed E-state index contributed by atoms with van der Waals surface area (Å²) in [6, 6.07) is 8.13. The first kappa shape index (κ1) is 10.5. The molecule has 0 aliphatic carbocycles. The second-order valence-electron chi connectivity index (χ2n) is 3.90. The largest absolute Gasteiger partial charge is 0.493 e. The molecule has 0 bridgehead atoms. The van der Waals surface area contributed by atoms with Gasteiger partial charge in [0.05, 0.1) is 19.8 Å². The van der Waals surface area contributed by atoms with Crippen LogP contribution in [0.5, 0.6) is 5.75 Å². The van der Waals surface area contributed by atoms with Crippen LogP contribution in [0.4, 0.5) is 0 Å². The van der Waals surface area contributed by atoms with Crippen molar-refractivity contribution in [1.29, 1.82) is 0 Å². The highest BCUT2D eigenvalue weighted by molar-refractivity contribution is 5.28. The van der Waals surface area contributed by atoms with Gasteiger partial charge in [-0.1, -0.05) is 12.1 Å². The minimum Gasteiger partial charge on any atom is -0.493 e. The third-order valence-corrected chi connectivity index (χ3v) is 2.52. The fourth-order valence-corrected chi connectivity index (χ4v) is 1.55. The Morgan fingerprint density at radius 1 is 1.40 bits per heavy atom. The van der Waals surface area contributed by atoms with E-state index in [1.165, 1.54) is 5.56 Å². The van der Waals surface area contributed by atoms with Gasteiger partial charge in [0.2, 0.25) is 0 Å². The Balaban J connectivity index is 1.86. The van der Waals surface area contributed by atoms with Crippen LogP contribution < -0.4 is 10.5 Å². The molecule has 15 heavy (non-hydrogen) atoms. The molecular formula is C12H17NO2. The quantitative estimate of drug-likeness (QED) is 0.789. The number of hydrogen-bond acceptors (Lipinski definition) is 3. The third kappa shape index (κ3) is 2.94. The third-order valence-electron chi connectivity index (χ3n) is 2.52. The van der Waals surface area contributed by atoms with Crippen molar-refractivity contribution in [2.75, 3.05) is 26.4 Å². The van der Waals surface area contributed by atoms with Crippen LogP contribution in [0.2, 0.25) is 0 Å². The summed E-state index contributed by atoms with van der Waals surface area (Å²) in [4.78, 5) is 0. The maximum atomic E-state index is 5.68. The van der Waals surface area contributed by atoms with Crippen LogP contribution in [-0.4, -0.2) is 26.4 Å². The van der Waals surface area contributed by atoms with E-state index in [1.807, 2.05) is 12.1 Å². The maximum Gasteiger partial charge on any atom is 0.119 e. The van der Waals surface area contributed by atoms with Gasteiger partial charge in [0, 0.05) is 5.92 Å². The Labute approximate surface area is 90.2 Å². The summed E-state index contributed by atoms with van der Waals surface area (Å²) in [7, 11) is 0. The van der Waals surface area contributed by atoms with Gasteiger partial charge in [0.1, 0.15) is 5.75 Å². The average Bonchev–Trinajstić information content (AvgIpc) is 2.16. The van der Waals surface area contributed by atoms with Crippen molar-refractivity contribution < 1.29 is 9.47 Å². The predicted molar refractivity (Wildman–Crippen MR) is 59.0 cm³/mol. The first-order valence-corrected chi connectivity index (χ1v) is 5.38. The molecule has 1 aromatic carbocycles. The zero-order valence-corrected chi connectivity index (χ0v) is 8.82. The molecule has 2 rings (SSSR count). The highest BCUT2D eigenvalue weighted by Crippen LogP contribution is 2.16. The topological polar surface area (TPSA) is 44.5 Å². The van der Waals surface area contributed by atoms with E-state index in [9.17, 15) is 0 Å². The number of nitrogens with two attached hydrogens (primary N) is 1. The van der Waals surface area contributed by atoms with Gasteiger partial charge in [-0.15, -0.1) is 0 Å². The normalized spacial score (nSPS) is 16.1. The molecule has 1 heterocycles. The van der Waals surface area contributed by atoms with Crippen molar-refractivity contribution in [2.24, 2.45) is 11.7 Å². The Kier molecular flexibility index (Phi) is 3.59. The SMILES string of the molecule is NCCc1cccc(OCC2COC2)c1. The molecule has 3 nitrogen and oxygen atoms in total. The summed E-state index contributed by atoms with van der Waals surface area (Å²) in [5.41, 5.74) is 6.74. The second kappa shape index (κ2) is 5.14. The van der Waals surface area contributed by atoms with Crippen LogP contribution in [0.3, 0.4) is 0 Å². The fraction of sp³-hybridized carbons (Fsp3) is 0.500. The summed E-state index contributed by atoms with van der Waals surface area (Å²) in [5, 5.41) is 0. The maximum absolute atomic E-state index is 5.68. The van der Waals surface area contributed by atoms with E-state index in [0.29, 0.717) is 12.5 Å². The van der Waals surface area contributed by atoms with Crippen LogP contribution in [-0.2, 0) is 11.2 Å². The Hall–Kier alpha value is -1.06. The molecule has 1 aromatic rings. The highest BCUT2D eigenvalue weighted by Gasteiger charge is 2.18. The van der Waals surface area contributed by atoms with E-state index in [4.69, 9.17) is 15.2 Å². The Morgan fingerprint density at radius 2 is 2.27 bits per heavy atom. The molecule has 1 saturated heterocycles. The molecule has 1 fully saturated rings. The molecule has 0 unspecified atom stereocenters. The van der Waals surface area contributed by atoms with E-state index >= 15 is 0 Å². The van der Waals surface area contributed by atoms with Gasteiger partial charge in [-0.3, -0.25) is 0 Å². The van der Waals surface area contributed by atoms with Crippen LogP contribution in [0, 0.1) is 5.92 Å². The molecule has 0 atom stereocenters. The summed E-state index contributed by atoms with van der Waals surface area (Å²) < 4.78 is 10.8. The van der Waals surface area contributed by atoms with Crippen molar-refractivity contribution >= 4 is 0 Å². The predicted octanol–water partition coefficient (Wildman–Crippen LogP) is 1.21. The lowest BCUT2D eigenvalue weighted by atomic mass is 10.1. The standard InChI is InChI=1S/C12H17NO2/c13-5-4-10-2-1-3-12(6-10)15-9-11-7-14-8-11/h1-3,6,11H,4-5,7-9,13H2. The molecule has 1 aliphatic heterocycles. The second-order valence-corrected chi connectivity index (χ2v) is 3.90. The van der Waals surface area contributed by atoms with Gasteiger partial charge in [-0.05, 0) is 30.7 Å². The van der Waals surface area contributed by atoms with Crippen molar-refractivity contribution in [3.63, 3.8) is 0 Å². The van der Waals surface area contributed by atoms with Gasteiger partial charge >= 0.3 is 0 Å². The van der Waals surface area contributed by atoms with Gasteiger partial charge in [0.25, 0.3) is 0 Å². The number of hydrogen-bond donors (Lipinski definition) is 1. The number of rotatable bonds is 5. The zero-order chi connectivity index (χ0) is 10.5. The summed E-state index contributed by atoms with van der Waals surface area (Å²) in [6.07, 6.45) is 0.906.